The van der Waals surface area contributed by atoms with Crippen LogP contribution in [0.25, 0.3) is 27.3 Å². The van der Waals surface area contributed by atoms with Gasteiger partial charge in [-0.25, -0.2) is 14.4 Å². The number of nitriles is 2. The van der Waals surface area contributed by atoms with Crippen LogP contribution in [0.1, 0.15) is 22.6 Å². The van der Waals surface area contributed by atoms with Crippen molar-refractivity contribution in [1.29, 1.82) is 10.5 Å². The minimum Gasteiger partial charge on any atom is -0.232 e. The Morgan fingerprint density at radius 1 is 0.889 bits per heavy atom. The molecule has 7 heteroatoms. The summed E-state index contributed by atoms with van der Waals surface area (Å²) in [6, 6.07) is 15.2. The van der Waals surface area contributed by atoms with Crippen molar-refractivity contribution < 1.29 is 4.39 Å². The lowest BCUT2D eigenvalue weighted by Gasteiger charge is -2.05. The first-order chi connectivity index (χ1) is 13.2. The molecule has 0 radical (unpaired) electrons. The minimum atomic E-state index is -0.328. The zero-order valence-corrected chi connectivity index (χ0v) is 13.6. The van der Waals surface area contributed by atoms with Crippen LogP contribution in [0, 0.1) is 35.1 Å². The maximum Gasteiger partial charge on any atom is 0.181 e. The molecule has 0 N–H and O–H groups in total. The van der Waals surface area contributed by atoms with E-state index in [1.165, 1.54) is 12.1 Å². The van der Waals surface area contributed by atoms with Crippen molar-refractivity contribution >= 4 is 5.71 Å². The van der Waals surface area contributed by atoms with E-state index in [1.54, 1.807) is 18.2 Å². The number of fused-ring (bicyclic) bond motifs is 3. The van der Waals surface area contributed by atoms with Crippen LogP contribution in [0.5, 0.6) is 0 Å². The number of aromatic nitrogens is 2. The number of hydrogen-bond donors (Lipinski definition) is 0. The van der Waals surface area contributed by atoms with Crippen LogP contribution in [0.3, 0.4) is 0 Å². The fourth-order valence-corrected chi connectivity index (χ4v) is 2.99. The first kappa shape index (κ1) is 16.1. The molecule has 0 saturated carbocycles. The lowest BCUT2D eigenvalue weighted by Crippen LogP contribution is -2.04. The fraction of sp³-hybridized carbons (Fsp3) is 0. The van der Waals surface area contributed by atoms with E-state index in [9.17, 15) is 14.9 Å². The smallest absolute Gasteiger partial charge is 0.181 e. The van der Waals surface area contributed by atoms with Crippen LogP contribution in [-0.2, 0) is 0 Å². The van der Waals surface area contributed by atoms with Crippen LogP contribution in [-0.4, -0.2) is 15.7 Å². The lowest BCUT2D eigenvalue weighted by molar-refractivity contribution is 0.628. The molecule has 0 fully saturated rings. The predicted molar refractivity (Wildman–Crippen MR) is 94.5 cm³/mol. The Morgan fingerprint density at radius 3 is 2.15 bits per heavy atom. The van der Waals surface area contributed by atoms with Crippen LogP contribution >= 0.6 is 0 Å². The van der Waals surface area contributed by atoms with E-state index in [2.05, 4.69) is 20.0 Å². The fourth-order valence-electron chi connectivity index (χ4n) is 2.99. The van der Waals surface area contributed by atoms with Gasteiger partial charge < -0.3 is 0 Å². The van der Waals surface area contributed by atoms with E-state index < -0.39 is 0 Å². The first-order valence-electron chi connectivity index (χ1n) is 7.74. The van der Waals surface area contributed by atoms with Crippen molar-refractivity contribution in [3.8, 4) is 34.5 Å². The number of rotatable bonds is 1. The third-order valence-electron chi connectivity index (χ3n) is 4.19. The van der Waals surface area contributed by atoms with E-state index in [0.717, 1.165) is 11.1 Å². The summed E-state index contributed by atoms with van der Waals surface area (Å²) in [6.45, 7) is 7.06. The average molecular weight is 350 g/mol. The monoisotopic (exact) mass is 350 g/mol. The van der Waals surface area contributed by atoms with Gasteiger partial charge in [0, 0.05) is 11.1 Å². The molecule has 2 aromatic carbocycles. The van der Waals surface area contributed by atoms with E-state index in [-0.39, 0.29) is 17.2 Å². The van der Waals surface area contributed by atoms with E-state index >= 15 is 0 Å². The van der Waals surface area contributed by atoms with Crippen molar-refractivity contribution in [2.75, 3.05) is 0 Å². The van der Waals surface area contributed by atoms with Crippen molar-refractivity contribution in [2.45, 2.75) is 0 Å². The summed E-state index contributed by atoms with van der Waals surface area (Å²) in [6.07, 6.45) is 0. The third kappa shape index (κ3) is 2.50. The highest BCUT2D eigenvalue weighted by molar-refractivity contribution is 6.23. The van der Waals surface area contributed by atoms with Gasteiger partial charge in [0.2, 0.25) is 0 Å². The molecule has 4 rings (SSSR count). The zero-order chi connectivity index (χ0) is 19.0. The molecule has 1 heterocycles. The Hall–Kier alpha value is -4.41. The van der Waals surface area contributed by atoms with Gasteiger partial charge in [-0.3, -0.25) is 0 Å². The van der Waals surface area contributed by atoms with Gasteiger partial charge >= 0.3 is 0 Å². The normalized spacial score (nSPS) is 12.6. The second-order valence-corrected chi connectivity index (χ2v) is 5.66. The van der Waals surface area contributed by atoms with Gasteiger partial charge in [0.1, 0.15) is 29.3 Å². The summed E-state index contributed by atoms with van der Waals surface area (Å²) in [5.41, 5.74) is 3.73. The summed E-state index contributed by atoms with van der Waals surface area (Å²) in [4.78, 5) is 11.6. The second kappa shape index (κ2) is 6.15. The molecule has 1 aliphatic rings. The molecule has 0 bridgehead atoms. The Balaban J connectivity index is 1.98. The van der Waals surface area contributed by atoms with Gasteiger partial charge in [-0.2, -0.15) is 17.1 Å². The average Bonchev–Trinajstić information content (AvgIpc) is 3.00. The zero-order valence-electron chi connectivity index (χ0n) is 13.6. The molecule has 1 aliphatic carbocycles. The molecular formula is C20H7FN6. The Kier molecular flexibility index (Phi) is 3.66. The largest absolute Gasteiger partial charge is 0.232 e. The molecule has 0 saturated heterocycles. The highest BCUT2D eigenvalue weighted by Gasteiger charge is 2.32. The van der Waals surface area contributed by atoms with E-state index in [0.29, 0.717) is 28.2 Å². The molecule has 0 amide bonds. The van der Waals surface area contributed by atoms with Gasteiger partial charge in [-0.05, 0) is 29.3 Å². The first-order valence-corrected chi connectivity index (χ1v) is 7.74. The molecule has 124 valence electrons. The molecule has 3 aromatic rings. The van der Waals surface area contributed by atoms with Crippen LogP contribution in [0.15, 0.2) is 47.6 Å². The topological polar surface area (TPSA) is 90.1 Å². The van der Waals surface area contributed by atoms with Crippen LogP contribution in [0.2, 0.25) is 0 Å². The molecule has 0 atom stereocenters. The van der Waals surface area contributed by atoms with Crippen LogP contribution in [0.4, 0.5) is 4.39 Å². The van der Waals surface area contributed by atoms with Gasteiger partial charge in [0.25, 0.3) is 0 Å². The van der Waals surface area contributed by atoms with Gasteiger partial charge in [-0.15, -0.1) is 4.95 Å². The number of halogens is 1. The Morgan fingerprint density at radius 2 is 1.52 bits per heavy atom. The second-order valence-electron chi connectivity index (χ2n) is 5.66. The molecule has 0 aliphatic heterocycles. The van der Waals surface area contributed by atoms with E-state index in [1.807, 2.05) is 24.3 Å². The van der Waals surface area contributed by atoms with Crippen LogP contribution < -0.4 is 0 Å². The number of hydrogen-bond acceptors (Lipinski definition) is 5. The maximum absolute atomic E-state index is 13.2. The molecular weight excluding hydrogens is 343 g/mol. The Labute approximate surface area is 153 Å². The van der Waals surface area contributed by atoms with E-state index in [4.69, 9.17) is 6.57 Å². The van der Waals surface area contributed by atoms with Gasteiger partial charge in [0.05, 0.1) is 5.10 Å². The predicted octanol–water partition coefficient (Wildman–Crippen LogP) is 3.68. The quantitative estimate of drug-likeness (QED) is 0.387. The molecule has 27 heavy (non-hydrogen) atoms. The van der Waals surface area contributed by atoms with Crippen molar-refractivity contribution in [2.24, 2.45) is 5.10 Å². The highest BCUT2D eigenvalue weighted by Crippen LogP contribution is 2.38. The summed E-state index contributed by atoms with van der Waals surface area (Å²) in [5.74, 6) is -0.328. The van der Waals surface area contributed by atoms with Crippen molar-refractivity contribution in [3.05, 3.63) is 82.5 Å². The molecule has 1 aromatic heterocycles. The standard InChI is InChI=1S/C20H7FN6/c1-24-27-19-14-7-4-12(11-2-5-13(21)6-3-11)8-15(14)18-20(19)26-17(10-23)16(9-22)25-18/h2-8H/b27-19-. The third-order valence-corrected chi connectivity index (χ3v) is 4.19. The summed E-state index contributed by atoms with van der Waals surface area (Å²) in [7, 11) is 0. The maximum atomic E-state index is 13.2. The SMILES string of the molecule is [C-]#[N+]/N=C1/c2ccc(-c3ccc(F)cc3)cc2-c2nc(C#N)c(C#N)nc21. The number of benzene rings is 2. The van der Waals surface area contributed by atoms with Gasteiger partial charge in [0.15, 0.2) is 17.1 Å². The van der Waals surface area contributed by atoms with Crippen molar-refractivity contribution in [3.63, 3.8) is 0 Å². The van der Waals surface area contributed by atoms with Gasteiger partial charge in [-0.1, -0.05) is 24.3 Å². The van der Waals surface area contributed by atoms with Crippen molar-refractivity contribution in [1.82, 2.24) is 9.97 Å². The summed E-state index contributed by atoms with van der Waals surface area (Å²) < 4.78 is 13.2. The highest BCUT2D eigenvalue weighted by atomic mass is 19.1. The number of nitrogens with zero attached hydrogens (tertiary/aromatic N) is 6. The molecule has 0 spiro atoms. The lowest BCUT2D eigenvalue weighted by atomic mass is 10.00. The molecule has 6 nitrogen and oxygen atoms in total. The minimum absolute atomic E-state index is 0.0848. The summed E-state index contributed by atoms with van der Waals surface area (Å²) in [5, 5.41) is 22.2. The summed E-state index contributed by atoms with van der Waals surface area (Å²) >= 11 is 0. The molecule has 0 unspecified atom stereocenters. The Bertz CT molecular complexity index is 1250.